The van der Waals surface area contributed by atoms with Gasteiger partial charge in [-0.3, -0.25) is 0 Å². The number of ether oxygens (including phenoxy) is 1. The first-order valence-corrected chi connectivity index (χ1v) is 9.24. The Balaban J connectivity index is 1.62. The van der Waals surface area contributed by atoms with E-state index in [1.165, 1.54) is 39.2 Å². The van der Waals surface area contributed by atoms with Crippen molar-refractivity contribution < 1.29 is 9.53 Å². The highest BCUT2D eigenvalue weighted by molar-refractivity contribution is 5.94. The van der Waals surface area contributed by atoms with Crippen LogP contribution in [0.4, 0.5) is 5.82 Å². The van der Waals surface area contributed by atoms with Crippen LogP contribution in [-0.2, 0) is 4.74 Å². The number of aryl methyl sites for hydroxylation is 1. The second-order valence-corrected chi connectivity index (χ2v) is 7.08. The van der Waals surface area contributed by atoms with Crippen LogP contribution in [0.5, 0.6) is 0 Å². The Bertz CT molecular complexity index is 562. The van der Waals surface area contributed by atoms with Crippen molar-refractivity contribution in [2.24, 2.45) is 0 Å². The van der Waals surface area contributed by atoms with E-state index in [9.17, 15) is 4.79 Å². The van der Waals surface area contributed by atoms with Gasteiger partial charge in [0.05, 0.1) is 7.11 Å². The van der Waals surface area contributed by atoms with Crippen molar-refractivity contribution in [2.45, 2.75) is 64.0 Å². The van der Waals surface area contributed by atoms with Gasteiger partial charge in [0.15, 0.2) is 0 Å². The number of methoxy groups -OCH3 is 1. The third-order valence-corrected chi connectivity index (χ3v) is 5.29. The molecule has 2 aliphatic rings. The number of piperidine rings is 1. The molecule has 1 saturated carbocycles. The molecule has 0 atom stereocenters. The van der Waals surface area contributed by atoms with E-state index >= 15 is 0 Å². The van der Waals surface area contributed by atoms with Crippen molar-refractivity contribution in [2.75, 3.05) is 25.1 Å². The van der Waals surface area contributed by atoms with E-state index in [4.69, 9.17) is 4.74 Å². The van der Waals surface area contributed by atoms with E-state index in [1.54, 1.807) is 0 Å². The molecule has 0 radical (unpaired) electrons. The molecule has 2 fully saturated rings. The number of anilines is 1. The summed E-state index contributed by atoms with van der Waals surface area (Å²) in [6.07, 6.45) is 8.99. The lowest BCUT2D eigenvalue weighted by Crippen LogP contribution is -2.47. The summed E-state index contributed by atoms with van der Waals surface area (Å²) in [6.45, 7) is 3.83. The summed E-state index contributed by atoms with van der Waals surface area (Å²) in [4.78, 5) is 18.9. The SMILES string of the molecule is COC(=O)c1ccc(C)nc1N1CCC(NC2CCCCC2)CC1. The molecule has 2 heterocycles. The van der Waals surface area contributed by atoms with Crippen LogP contribution in [0.2, 0.25) is 0 Å². The largest absolute Gasteiger partial charge is 0.465 e. The fraction of sp³-hybridized carbons (Fsp3) is 0.684. The molecule has 0 amide bonds. The average molecular weight is 331 g/mol. The number of hydrogen-bond donors (Lipinski definition) is 1. The molecular formula is C19H29N3O2. The zero-order valence-electron chi connectivity index (χ0n) is 14.9. The van der Waals surface area contributed by atoms with Gasteiger partial charge in [0.2, 0.25) is 0 Å². The number of aromatic nitrogens is 1. The lowest BCUT2D eigenvalue weighted by Gasteiger charge is -2.36. The maximum Gasteiger partial charge on any atom is 0.341 e. The summed E-state index contributed by atoms with van der Waals surface area (Å²) in [5, 5.41) is 3.85. The van der Waals surface area contributed by atoms with E-state index in [-0.39, 0.29) is 5.97 Å². The Morgan fingerprint density at radius 3 is 2.46 bits per heavy atom. The highest BCUT2D eigenvalue weighted by atomic mass is 16.5. The lowest BCUT2D eigenvalue weighted by atomic mass is 9.93. The molecule has 5 heteroatoms. The summed E-state index contributed by atoms with van der Waals surface area (Å²) in [7, 11) is 1.42. The Morgan fingerprint density at radius 2 is 1.79 bits per heavy atom. The van der Waals surface area contributed by atoms with Gasteiger partial charge < -0.3 is 15.0 Å². The first-order valence-electron chi connectivity index (χ1n) is 9.24. The smallest absolute Gasteiger partial charge is 0.341 e. The van der Waals surface area contributed by atoms with Crippen LogP contribution >= 0.6 is 0 Å². The molecule has 3 rings (SSSR count). The number of pyridine rings is 1. The Labute approximate surface area is 144 Å². The van der Waals surface area contributed by atoms with Gasteiger partial charge in [0, 0.05) is 30.9 Å². The average Bonchev–Trinajstić information content (AvgIpc) is 2.62. The predicted octanol–water partition coefficient (Wildman–Crippen LogP) is 3.07. The number of rotatable bonds is 4. The number of nitrogens with one attached hydrogen (secondary N) is 1. The molecule has 1 aliphatic heterocycles. The van der Waals surface area contributed by atoms with Gasteiger partial charge in [-0.25, -0.2) is 9.78 Å². The maximum atomic E-state index is 12.0. The molecule has 0 aromatic carbocycles. The number of carbonyl (C=O) groups excluding carboxylic acids is 1. The van der Waals surface area contributed by atoms with Crippen molar-refractivity contribution in [1.29, 1.82) is 0 Å². The van der Waals surface area contributed by atoms with Gasteiger partial charge in [0.25, 0.3) is 0 Å². The maximum absolute atomic E-state index is 12.0. The van der Waals surface area contributed by atoms with E-state index in [0.29, 0.717) is 17.6 Å². The Kier molecular flexibility index (Phi) is 5.72. The highest BCUT2D eigenvalue weighted by Crippen LogP contribution is 2.25. The fourth-order valence-electron chi connectivity index (χ4n) is 3.91. The fourth-order valence-corrected chi connectivity index (χ4v) is 3.91. The van der Waals surface area contributed by atoms with Gasteiger partial charge >= 0.3 is 5.97 Å². The van der Waals surface area contributed by atoms with Crippen LogP contribution in [0.1, 0.15) is 61.0 Å². The van der Waals surface area contributed by atoms with E-state index in [1.807, 2.05) is 19.1 Å². The van der Waals surface area contributed by atoms with E-state index < -0.39 is 0 Å². The summed E-state index contributed by atoms with van der Waals surface area (Å²) in [5.41, 5.74) is 1.50. The quantitative estimate of drug-likeness (QED) is 0.859. The van der Waals surface area contributed by atoms with Crippen LogP contribution in [0.25, 0.3) is 0 Å². The molecule has 0 bridgehead atoms. The first-order chi connectivity index (χ1) is 11.7. The molecule has 0 unspecified atom stereocenters. The van der Waals surface area contributed by atoms with Gasteiger partial charge in [-0.15, -0.1) is 0 Å². The second-order valence-electron chi connectivity index (χ2n) is 7.08. The van der Waals surface area contributed by atoms with E-state index in [0.717, 1.165) is 37.4 Å². The topological polar surface area (TPSA) is 54.5 Å². The standard InChI is InChI=1S/C19H29N3O2/c1-14-8-9-17(19(23)24-2)18(20-14)22-12-10-16(11-13-22)21-15-6-4-3-5-7-15/h8-9,15-16,21H,3-7,10-13H2,1-2H3. The van der Waals surface area contributed by atoms with Crippen LogP contribution in [-0.4, -0.2) is 43.2 Å². The van der Waals surface area contributed by atoms with Crippen molar-refractivity contribution in [3.8, 4) is 0 Å². The number of esters is 1. The molecular weight excluding hydrogens is 302 g/mol. The van der Waals surface area contributed by atoms with Gasteiger partial charge in [0.1, 0.15) is 11.4 Å². The van der Waals surface area contributed by atoms with Crippen molar-refractivity contribution >= 4 is 11.8 Å². The molecule has 132 valence electrons. The number of nitrogens with zero attached hydrogens (tertiary/aromatic N) is 2. The minimum Gasteiger partial charge on any atom is -0.465 e. The third kappa shape index (κ3) is 4.07. The van der Waals surface area contributed by atoms with Gasteiger partial charge in [-0.2, -0.15) is 0 Å². The monoisotopic (exact) mass is 331 g/mol. The van der Waals surface area contributed by atoms with Crippen LogP contribution < -0.4 is 10.2 Å². The lowest BCUT2D eigenvalue weighted by molar-refractivity contribution is 0.0601. The Morgan fingerprint density at radius 1 is 1.12 bits per heavy atom. The normalized spacial score (nSPS) is 20.2. The molecule has 5 nitrogen and oxygen atoms in total. The molecule has 1 aromatic rings. The zero-order chi connectivity index (χ0) is 16.9. The van der Waals surface area contributed by atoms with Crippen molar-refractivity contribution in [3.05, 3.63) is 23.4 Å². The number of hydrogen-bond acceptors (Lipinski definition) is 5. The molecule has 24 heavy (non-hydrogen) atoms. The molecule has 0 spiro atoms. The van der Waals surface area contributed by atoms with Gasteiger partial charge in [-0.1, -0.05) is 19.3 Å². The molecule has 1 N–H and O–H groups in total. The zero-order valence-corrected chi connectivity index (χ0v) is 14.9. The number of carbonyl (C=O) groups is 1. The minimum absolute atomic E-state index is 0.306. The van der Waals surface area contributed by atoms with Gasteiger partial charge in [-0.05, 0) is 44.7 Å². The first kappa shape index (κ1) is 17.2. The molecule has 1 aliphatic carbocycles. The predicted molar refractivity (Wildman–Crippen MR) is 95.6 cm³/mol. The van der Waals surface area contributed by atoms with Crippen molar-refractivity contribution in [3.63, 3.8) is 0 Å². The molecule has 1 saturated heterocycles. The van der Waals surface area contributed by atoms with Crippen LogP contribution in [0, 0.1) is 6.92 Å². The Hall–Kier alpha value is -1.62. The minimum atomic E-state index is -0.306. The summed E-state index contributed by atoms with van der Waals surface area (Å²) in [6, 6.07) is 5.00. The summed E-state index contributed by atoms with van der Waals surface area (Å²) in [5.74, 6) is 0.470. The third-order valence-electron chi connectivity index (χ3n) is 5.29. The van der Waals surface area contributed by atoms with Crippen LogP contribution in [0.3, 0.4) is 0 Å². The summed E-state index contributed by atoms with van der Waals surface area (Å²) >= 11 is 0. The van der Waals surface area contributed by atoms with E-state index in [2.05, 4.69) is 15.2 Å². The second kappa shape index (κ2) is 7.97. The molecule has 1 aromatic heterocycles. The van der Waals surface area contributed by atoms with Crippen molar-refractivity contribution in [1.82, 2.24) is 10.3 Å². The van der Waals surface area contributed by atoms with Crippen LogP contribution in [0.15, 0.2) is 12.1 Å². The highest BCUT2D eigenvalue weighted by Gasteiger charge is 2.26. The summed E-state index contributed by atoms with van der Waals surface area (Å²) < 4.78 is 4.91.